The van der Waals surface area contributed by atoms with Gasteiger partial charge >= 0.3 is 0 Å². The molecule has 0 aliphatic heterocycles. The normalized spacial score (nSPS) is 14.7. The van der Waals surface area contributed by atoms with Crippen LogP contribution in [0.3, 0.4) is 0 Å². The van der Waals surface area contributed by atoms with Crippen LogP contribution in [-0.2, 0) is 11.2 Å². The van der Waals surface area contributed by atoms with E-state index in [-0.39, 0.29) is 11.9 Å². The van der Waals surface area contributed by atoms with E-state index in [0.717, 1.165) is 22.6 Å². The Bertz CT molecular complexity index is 927. The molecule has 1 aromatic heterocycles. The van der Waals surface area contributed by atoms with Crippen molar-refractivity contribution in [3.05, 3.63) is 83.2 Å². The van der Waals surface area contributed by atoms with Crippen molar-refractivity contribution in [3.63, 3.8) is 0 Å². The van der Waals surface area contributed by atoms with Crippen LogP contribution in [0, 0.1) is 19.8 Å². The lowest BCUT2D eigenvalue weighted by molar-refractivity contribution is -0.121. The zero-order valence-corrected chi connectivity index (χ0v) is 15.9. The summed E-state index contributed by atoms with van der Waals surface area (Å²) >= 11 is 0. The Morgan fingerprint density at radius 3 is 2.33 bits per heavy atom. The van der Waals surface area contributed by atoms with Crippen LogP contribution >= 0.6 is 0 Å². The van der Waals surface area contributed by atoms with Crippen molar-refractivity contribution in [1.29, 1.82) is 0 Å². The lowest BCUT2D eigenvalue weighted by atomic mass is 10.0. The number of rotatable bonds is 6. The summed E-state index contributed by atoms with van der Waals surface area (Å²) in [5.41, 5.74) is 5.16. The van der Waals surface area contributed by atoms with E-state index < -0.39 is 0 Å². The van der Waals surface area contributed by atoms with Crippen LogP contribution in [0.5, 0.6) is 0 Å². The summed E-state index contributed by atoms with van der Waals surface area (Å²) in [6.07, 6.45) is 2.73. The first-order valence-corrected chi connectivity index (χ1v) is 9.58. The number of amides is 1. The third kappa shape index (κ3) is 3.80. The van der Waals surface area contributed by atoms with Crippen molar-refractivity contribution in [2.45, 2.75) is 39.2 Å². The van der Waals surface area contributed by atoms with Gasteiger partial charge in [0.1, 0.15) is 0 Å². The van der Waals surface area contributed by atoms with Gasteiger partial charge in [0, 0.05) is 11.3 Å². The van der Waals surface area contributed by atoms with E-state index in [1.54, 1.807) is 0 Å². The molecule has 4 nitrogen and oxygen atoms in total. The average Bonchev–Trinajstić information content (AvgIpc) is 3.50. The largest absolute Gasteiger partial charge is 0.349 e. The fourth-order valence-corrected chi connectivity index (χ4v) is 3.70. The molecule has 1 N–H and O–H groups in total. The lowest BCUT2D eigenvalue weighted by Gasteiger charge is -2.19. The molecule has 138 valence electrons. The van der Waals surface area contributed by atoms with Gasteiger partial charge in [-0.05, 0) is 50.3 Å². The van der Waals surface area contributed by atoms with Crippen molar-refractivity contribution < 1.29 is 4.79 Å². The monoisotopic (exact) mass is 359 g/mol. The molecule has 1 unspecified atom stereocenters. The fourth-order valence-electron chi connectivity index (χ4n) is 3.70. The molecule has 1 heterocycles. The number of hydrogen-bond acceptors (Lipinski definition) is 2. The highest BCUT2D eigenvalue weighted by atomic mass is 16.1. The van der Waals surface area contributed by atoms with Gasteiger partial charge in [0.25, 0.3) is 0 Å². The lowest BCUT2D eigenvalue weighted by Crippen LogP contribution is -2.31. The summed E-state index contributed by atoms with van der Waals surface area (Å²) in [4.78, 5) is 12.8. The molecule has 0 saturated heterocycles. The second kappa shape index (κ2) is 7.39. The number of nitrogens with one attached hydrogen (secondary N) is 1. The van der Waals surface area contributed by atoms with Crippen molar-refractivity contribution in [2.75, 3.05) is 0 Å². The Morgan fingerprint density at radius 2 is 1.70 bits per heavy atom. The summed E-state index contributed by atoms with van der Waals surface area (Å²) < 4.78 is 1.92. The first kappa shape index (κ1) is 17.5. The number of carbonyl (C=O) groups excluding carboxylic acids is 1. The maximum absolute atomic E-state index is 12.8. The molecule has 0 bridgehead atoms. The minimum absolute atomic E-state index is 0.0644. The molecule has 1 fully saturated rings. The highest BCUT2D eigenvalue weighted by Crippen LogP contribution is 2.41. The third-order valence-corrected chi connectivity index (χ3v) is 5.35. The van der Waals surface area contributed by atoms with E-state index in [2.05, 4.69) is 22.5 Å². The van der Waals surface area contributed by atoms with Crippen LogP contribution in [0.4, 0.5) is 0 Å². The summed E-state index contributed by atoms with van der Waals surface area (Å²) in [5.74, 6) is 0.625. The van der Waals surface area contributed by atoms with Gasteiger partial charge in [-0.2, -0.15) is 5.10 Å². The third-order valence-electron chi connectivity index (χ3n) is 5.35. The average molecular weight is 359 g/mol. The number of benzene rings is 2. The zero-order chi connectivity index (χ0) is 18.8. The Hall–Kier alpha value is -2.88. The molecule has 0 radical (unpaired) electrons. The predicted molar refractivity (Wildman–Crippen MR) is 107 cm³/mol. The zero-order valence-electron chi connectivity index (χ0n) is 15.9. The Morgan fingerprint density at radius 1 is 1.07 bits per heavy atom. The minimum atomic E-state index is 0.0644. The number of hydrogen-bond donors (Lipinski definition) is 1. The smallest absolute Gasteiger partial charge is 0.225 e. The Labute approximate surface area is 160 Å². The molecular weight excluding hydrogens is 334 g/mol. The van der Waals surface area contributed by atoms with Crippen LogP contribution in [0.15, 0.2) is 60.7 Å². The van der Waals surface area contributed by atoms with Gasteiger partial charge in [0.2, 0.25) is 5.91 Å². The molecular formula is C23H25N3O. The topological polar surface area (TPSA) is 46.9 Å². The van der Waals surface area contributed by atoms with Gasteiger partial charge in [-0.15, -0.1) is 0 Å². The highest BCUT2D eigenvalue weighted by molar-refractivity contribution is 5.79. The first-order valence-electron chi connectivity index (χ1n) is 9.58. The summed E-state index contributed by atoms with van der Waals surface area (Å²) in [5, 5.41) is 7.93. The van der Waals surface area contributed by atoms with E-state index in [1.807, 2.05) is 67.1 Å². The SMILES string of the molecule is Cc1nn(-c2ccccc2)c(C)c1CC(=O)NC(c1ccccc1)C1CC1. The number of carbonyl (C=O) groups is 1. The van der Waals surface area contributed by atoms with Gasteiger partial charge in [-0.3, -0.25) is 4.79 Å². The summed E-state index contributed by atoms with van der Waals surface area (Å²) in [6, 6.07) is 20.5. The Balaban J connectivity index is 1.52. The van der Waals surface area contributed by atoms with Crippen LogP contribution in [-0.4, -0.2) is 15.7 Å². The van der Waals surface area contributed by atoms with Gasteiger partial charge in [0.15, 0.2) is 0 Å². The molecule has 4 rings (SSSR count). The van der Waals surface area contributed by atoms with Crippen LogP contribution in [0.2, 0.25) is 0 Å². The maximum Gasteiger partial charge on any atom is 0.225 e. The van der Waals surface area contributed by atoms with Crippen LogP contribution < -0.4 is 5.32 Å². The molecule has 1 amide bonds. The number of nitrogens with zero attached hydrogens (tertiary/aromatic N) is 2. The van der Waals surface area contributed by atoms with Crippen molar-refractivity contribution in [1.82, 2.24) is 15.1 Å². The highest BCUT2D eigenvalue weighted by Gasteiger charge is 2.33. The molecule has 1 saturated carbocycles. The van der Waals surface area contributed by atoms with Crippen LogP contribution in [0.25, 0.3) is 5.69 Å². The molecule has 4 heteroatoms. The van der Waals surface area contributed by atoms with E-state index in [4.69, 9.17) is 0 Å². The summed E-state index contributed by atoms with van der Waals surface area (Å²) in [7, 11) is 0. The second-order valence-electron chi connectivity index (χ2n) is 7.37. The standard InChI is InChI=1S/C23H25N3O/c1-16-21(17(2)26(25-16)20-11-7-4-8-12-20)15-22(27)24-23(19-13-14-19)18-9-5-3-6-10-18/h3-12,19,23H,13-15H2,1-2H3,(H,24,27). The molecule has 3 aromatic rings. The second-order valence-corrected chi connectivity index (χ2v) is 7.37. The predicted octanol–water partition coefficient (Wildman–Crippen LogP) is 4.30. The van der Waals surface area contributed by atoms with E-state index in [1.165, 1.54) is 18.4 Å². The van der Waals surface area contributed by atoms with E-state index in [0.29, 0.717) is 12.3 Å². The van der Waals surface area contributed by atoms with Gasteiger partial charge in [-0.1, -0.05) is 48.5 Å². The molecule has 0 spiro atoms. The quantitative estimate of drug-likeness (QED) is 0.713. The maximum atomic E-state index is 12.8. The molecule has 27 heavy (non-hydrogen) atoms. The first-order chi connectivity index (χ1) is 13.1. The van der Waals surface area contributed by atoms with Crippen molar-refractivity contribution >= 4 is 5.91 Å². The minimum Gasteiger partial charge on any atom is -0.349 e. The number of para-hydroxylation sites is 1. The van der Waals surface area contributed by atoms with E-state index >= 15 is 0 Å². The van der Waals surface area contributed by atoms with Crippen molar-refractivity contribution in [2.24, 2.45) is 5.92 Å². The van der Waals surface area contributed by atoms with Gasteiger partial charge in [-0.25, -0.2) is 4.68 Å². The molecule has 1 atom stereocenters. The molecule has 2 aromatic carbocycles. The number of aryl methyl sites for hydroxylation is 1. The van der Waals surface area contributed by atoms with Crippen LogP contribution in [0.1, 0.15) is 41.4 Å². The van der Waals surface area contributed by atoms with Gasteiger partial charge in [0.05, 0.1) is 23.8 Å². The molecule has 1 aliphatic rings. The van der Waals surface area contributed by atoms with E-state index in [9.17, 15) is 4.79 Å². The Kier molecular flexibility index (Phi) is 4.80. The fraction of sp³-hybridized carbons (Fsp3) is 0.304. The molecule has 1 aliphatic carbocycles. The van der Waals surface area contributed by atoms with Crippen molar-refractivity contribution in [3.8, 4) is 5.69 Å². The summed E-state index contributed by atoms with van der Waals surface area (Å²) in [6.45, 7) is 4.01. The number of aromatic nitrogens is 2. The van der Waals surface area contributed by atoms with Gasteiger partial charge < -0.3 is 5.32 Å².